The van der Waals surface area contributed by atoms with Gasteiger partial charge in [-0.2, -0.15) is 0 Å². The molecule has 3 aromatic rings. The van der Waals surface area contributed by atoms with Crippen molar-refractivity contribution in [3.8, 4) is 21.0 Å². The Morgan fingerprint density at radius 1 is 1.10 bits per heavy atom. The fourth-order valence-electron chi connectivity index (χ4n) is 1.97. The number of carbonyl (C=O) groups is 1. The number of carboxylic acid groups (broad SMARTS) is 1. The molecule has 0 saturated heterocycles. The van der Waals surface area contributed by atoms with Crippen LogP contribution in [0.25, 0.3) is 21.0 Å². The van der Waals surface area contributed by atoms with Gasteiger partial charge in [-0.25, -0.2) is 9.78 Å². The molecule has 0 bridgehead atoms. The quantitative estimate of drug-likeness (QED) is 0.796. The SMILES string of the molecule is Cc1ccc(-c2nc(C(=O)O)c(-c3ccccc3)s2)cn1. The van der Waals surface area contributed by atoms with Crippen molar-refractivity contribution in [2.75, 3.05) is 0 Å². The summed E-state index contributed by atoms with van der Waals surface area (Å²) in [4.78, 5) is 20.6. The smallest absolute Gasteiger partial charge is 0.356 e. The molecule has 0 saturated carbocycles. The standard InChI is InChI=1S/C16H12N2O2S/c1-10-7-8-12(9-17-10)15-18-13(16(19)20)14(21-15)11-5-3-2-4-6-11/h2-9H,1H3,(H,19,20). The average molecular weight is 296 g/mol. The van der Waals surface area contributed by atoms with Gasteiger partial charge in [0.05, 0.1) is 4.88 Å². The van der Waals surface area contributed by atoms with E-state index in [2.05, 4.69) is 9.97 Å². The summed E-state index contributed by atoms with van der Waals surface area (Å²) in [6, 6.07) is 13.2. The third-order valence-corrected chi connectivity index (χ3v) is 4.18. The number of benzene rings is 1. The molecule has 1 aromatic carbocycles. The lowest BCUT2D eigenvalue weighted by molar-refractivity contribution is 0.0692. The largest absolute Gasteiger partial charge is 0.476 e. The van der Waals surface area contributed by atoms with E-state index in [0.717, 1.165) is 16.8 Å². The molecule has 2 heterocycles. The van der Waals surface area contributed by atoms with Gasteiger partial charge in [-0.1, -0.05) is 30.3 Å². The molecule has 1 N–H and O–H groups in total. The highest BCUT2D eigenvalue weighted by molar-refractivity contribution is 7.18. The molecule has 0 aliphatic heterocycles. The van der Waals surface area contributed by atoms with Crippen LogP contribution in [0.2, 0.25) is 0 Å². The highest BCUT2D eigenvalue weighted by Crippen LogP contribution is 2.35. The van der Waals surface area contributed by atoms with Crippen LogP contribution in [-0.2, 0) is 0 Å². The second-order valence-electron chi connectivity index (χ2n) is 4.56. The van der Waals surface area contributed by atoms with E-state index in [4.69, 9.17) is 0 Å². The molecular weight excluding hydrogens is 284 g/mol. The Labute approximate surface area is 125 Å². The van der Waals surface area contributed by atoms with E-state index in [-0.39, 0.29) is 5.69 Å². The van der Waals surface area contributed by atoms with Crippen LogP contribution >= 0.6 is 11.3 Å². The van der Waals surface area contributed by atoms with Crippen LogP contribution in [0.1, 0.15) is 16.2 Å². The molecule has 0 spiro atoms. The zero-order chi connectivity index (χ0) is 14.8. The van der Waals surface area contributed by atoms with Crippen molar-refractivity contribution < 1.29 is 9.90 Å². The normalized spacial score (nSPS) is 10.5. The topological polar surface area (TPSA) is 63.1 Å². The maximum atomic E-state index is 11.4. The van der Waals surface area contributed by atoms with Crippen LogP contribution in [0.3, 0.4) is 0 Å². The van der Waals surface area contributed by atoms with Gasteiger partial charge in [0.2, 0.25) is 0 Å². The fraction of sp³-hybridized carbons (Fsp3) is 0.0625. The van der Waals surface area contributed by atoms with Gasteiger partial charge < -0.3 is 5.11 Å². The number of hydrogen-bond donors (Lipinski definition) is 1. The summed E-state index contributed by atoms with van der Waals surface area (Å²) < 4.78 is 0. The van der Waals surface area contributed by atoms with E-state index in [1.807, 2.05) is 49.4 Å². The number of aromatic carboxylic acids is 1. The average Bonchev–Trinajstić information content (AvgIpc) is 2.94. The summed E-state index contributed by atoms with van der Waals surface area (Å²) in [6.07, 6.45) is 1.72. The number of carboxylic acids is 1. The first kappa shape index (κ1) is 13.5. The molecule has 0 atom stereocenters. The highest BCUT2D eigenvalue weighted by atomic mass is 32.1. The van der Waals surface area contributed by atoms with Gasteiger partial charge in [0.1, 0.15) is 5.01 Å². The predicted molar refractivity (Wildman–Crippen MR) is 82.5 cm³/mol. The molecule has 21 heavy (non-hydrogen) atoms. The summed E-state index contributed by atoms with van der Waals surface area (Å²) in [7, 11) is 0. The van der Waals surface area contributed by atoms with Crippen LogP contribution in [0, 0.1) is 6.92 Å². The minimum absolute atomic E-state index is 0.0850. The Bertz CT molecular complexity index is 780. The number of hydrogen-bond acceptors (Lipinski definition) is 4. The van der Waals surface area contributed by atoms with Gasteiger partial charge in [0.15, 0.2) is 5.69 Å². The zero-order valence-electron chi connectivity index (χ0n) is 11.3. The third kappa shape index (κ3) is 2.68. The maximum absolute atomic E-state index is 11.4. The molecule has 4 nitrogen and oxygen atoms in total. The van der Waals surface area contributed by atoms with E-state index < -0.39 is 5.97 Å². The molecule has 2 aromatic heterocycles. The molecule has 0 unspecified atom stereocenters. The van der Waals surface area contributed by atoms with Crippen molar-refractivity contribution in [3.63, 3.8) is 0 Å². The summed E-state index contributed by atoms with van der Waals surface area (Å²) >= 11 is 1.37. The van der Waals surface area contributed by atoms with Gasteiger partial charge >= 0.3 is 5.97 Å². The minimum Gasteiger partial charge on any atom is -0.476 e. The molecular formula is C16H12N2O2S. The molecule has 0 aliphatic rings. The van der Waals surface area contributed by atoms with Crippen molar-refractivity contribution >= 4 is 17.3 Å². The summed E-state index contributed by atoms with van der Waals surface area (Å²) in [5.74, 6) is -1.02. The lowest BCUT2D eigenvalue weighted by Gasteiger charge is -1.97. The molecule has 104 valence electrons. The Morgan fingerprint density at radius 2 is 1.86 bits per heavy atom. The first-order chi connectivity index (χ1) is 10.1. The molecule has 0 aliphatic carbocycles. The van der Waals surface area contributed by atoms with Gasteiger partial charge in [0, 0.05) is 17.5 Å². The number of rotatable bonds is 3. The summed E-state index contributed by atoms with van der Waals surface area (Å²) in [6.45, 7) is 1.91. The lowest BCUT2D eigenvalue weighted by Crippen LogP contribution is -1.98. The van der Waals surface area contributed by atoms with Crippen molar-refractivity contribution in [2.24, 2.45) is 0 Å². The Morgan fingerprint density at radius 3 is 2.48 bits per heavy atom. The minimum atomic E-state index is -1.02. The van der Waals surface area contributed by atoms with Crippen LogP contribution in [0.5, 0.6) is 0 Å². The van der Waals surface area contributed by atoms with Gasteiger partial charge in [0.25, 0.3) is 0 Å². The van der Waals surface area contributed by atoms with E-state index in [0.29, 0.717) is 9.88 Å². The molecule has 3 rings (SSSR count). The van der Waals surface area contributed by atoms with E-state index >= 15 is 0 Å². The number of aryl methyl sites for hydroxylation is 1. The van der Waals surface area contributed by atoms with E-state index in [1.165, 1.54) is 11.3 Å². The zero-order valence-corrected chi connectivity index (χ0v) is 12.1. The Balaban J connectivity index is 2.13. The molecule has 5 heteroatoms. The first-order valence-corrected chi connectivity index (χ1v) is 7.19. The van der Waals surface area contributed by atoms with Crippen molar-refractivity contribution in [3.05, 3.63) is 60.0 Å². The van der Waals surface area contributed by atoms with E-state index in [1.54, 1.807) is 6.20 Å². The Hall–Kier alpha value is -2.53. The number of nitrogens with zero attached hydrogens (tertiary/aromatic N) is 2. The van der Waals surface area contributed by atoms with Crippen LogP contribution in [0.4, 0.5) is 0 Å². The van der Waals surface area contributed by atoms with Crippen molar-refractivity contribution in [1.82, 2.24) is 9.97 Å². The number of aromatic nitrogens is 2. The Kier molecular flexibility index (Phi) is 3.50. The predicted octanol–water partition coefficient (Wildman–Crippen LogP) is 3.88. The summed E-state index contributed by atoms with van der Waals surface area (Å²) in [5, 5.41) is 10.0. The lowest BCUT2D eigenvalue weighted by atomic mass is 10.1. The van der Waals surface area contributed by atoms with Crippen LogP contribution < -0.4 is 0 Å². The monoisotopic (exact) mass is 296 g/mol. The third-order valence-electron chi connectivity index (χ3n) is 3.02. The van der Waals surface area contributed by atoms with Crippen LogP contribution in [-0.4, -0.2) is 21.0 Å². The second kappa shape index (κ2) is 5.46. The van der Waals surface area contributed by atoms with Crippen LogP contribution in [0.15, 0.2) is 48.7 Å². The van der Waals surface area contributed by atoms with Crippen molar-refractivity contribution in [2.45, 2.75) is 6.92 Å². The number of thiazole rings is 1. The van der Waals surface area contributed by atoms with Gasteiger partial charge in [-0.05, 0) is 24.6 Å². The molecule has 0 fully saturated rings. The first-order valence-electron chi connectivity index (χ1n) is 6.38. The molecule has 0 amide bonds. The van der Waals surface area contributed by atoms with Gasteiger partial charge in [-0.3, -0.25) is 4.98 Å². The summed E-state index contributed by atoms with van der Waals surface area (Å²) in [5.41, 5.74) is 2.69. The van der Waals surface area contributed by atoms with Gasteiger partial charge in [-0.15, -0.1) is 11.3 Å². The highest BCUT2D eigenvalue weighted by Gasteiger charge is 2.19. The van der Waals surface area contributed by atoms with E-state index in [9.17, 15) is 9.90 Å². The number of pyridine rings is 1. The fourth-order valence-corrected chi connectivity index (χ4v) is 3.02. The van der Waals surface area contributed by atoms with Crippen molar-refractivity contribution in [1.29, 1.82) is 0 Å². The molecule has 0 radical (unpaired) electrons. The maximum Gasteiger partial charge on any atom is 0.356 e. The second-order valence-corrected chi connectivity index (χ2v) is 5.56.